The Bertz CT molecular complexity index is 1360. The highest BCUT2D eigenvalue weighted by molar-refractivity contribution is 7.80. The number of nitrogens with zero attached hydrogens (tertiary/aromatic N) is 2. The SMILES string of the molecule is COC(=O)c1ccccc1-c1ccc([C@@H]2[C@@H](c3ccccn3)NC(=S)N2CCCNc2ccccc2)o1. The number of anilines is 1. The first-order valence-corrected chi connectivity index (χ1v) is 12.6. The summed E-state index contributed by atoms with van der Waals surface area (Å²) in [7, 11) is 1.37. The molecule has 1 fully saturated rings. The summed E-state index contributed by atoms with van der Waals surface area (Å²) in [5.74, 6) is 0.934. The van der Waals surface area contributed by atoms with Crippen LogP contribution in [-0.2, 0) is 4.74 Å². The summed E-state index contributed by atoms with van der Waals surface area (Å²) in [6, 6.07) is 26.7. The first-order chi connectivity index (χ1) is 18.2. The van der Waals surface area contributed by atoms with Crippen molar-refractivity contribution in [1.82, 2.24) is 15.2 Å². The van der Waals surface area contributed by atoms with Crippen molar-refractivity contribution in [1.29, 1.82) is 0 Å². The summed E-state index contributed by atoms with van der Waals surface area (Å²) < 4.78 is 11.4. The molecule has 2 aromatic heterocycles. The zero-order valence-electron chi connectivity index (χ0n) is 20.5. The molecule has 0 spiro atoms. The van der Waals surface area contributed by atoms with Gasteiger partial charge in [-0.15, -0.1) is 0 Å². The van der Waals surface area contributed by atoms with E-state index in [1.807, 2.05) is 60.7 Å². The molecule has 8 heteroatoms. The second kappa shape index (κ2) is 11.3. The fourth-order valence-corrected chi connectivity index (χ4v) is 4.97. The van der Waals surface area contributed by atoms with Gasteiger partial charge in [0.05, 0.1) is 24.4 Å². The lowest BCUT2D eigenvalue weighted by Gasteiger charge is -2.26. The van der Waals surface area contributed by atoms with Gasteiger partial charge in [-0.2, -0.15) is 0 Å². The van der Waals surface area contributed by atoms with Crippen molar-refractivity contribution in [2.45, 2.75) is 18.5 Å². The first-order valence-electron chi connectivity index (χ1n) is 12.2. The summed E-state index contributed by atoms with van der Waals surface area (Å²) >= 11 is 5.77. The Morgan fingerprint density at radius 3 is 2.62 bits per heavy atom. The van der Waals surface area contributed by atoms with Crippen LogP contribution in [0.25, 0.3) is 11.3 Å². The van der Waals surface area contributed by atoms with Gasteiger partial charge in [0.1, 0.15) is 17.6 Å². The number of hydrogen-bond donors (Lipinski definition) is 2. The van der Waals surface area contributed by atoms with E-state index < -0.39 is 5.97 Å². The van der Waals surface area contributed by atoms with E-state index in [1.54, 1.807) is 18.3 Å². The Balaban J connectivity index is 1.41. The van der Waals surface area contributed by atoms with Crippen molar-refractivity contribution in [2.24, 2.45) is 0 Å². The van der Waals surface area contributed by atoms with Gasteiger partial charge < -0.3 is 24.7 Å². The van der Waals surface area contributed by atoms with Gasteiger partial charge in [0.25, 0.3) is 0 Å². The van der Waals surface area contributed by atoms with E-state index in [-0.39, 0.29) is 12.1 Å². The van der Waals surface area contributed by atoms with Gasteiger partial charge in [-0.3, -0.25) is 4.98 Å². The van der Waals surface area contributed by atoms with Crippen LogP contribution in [0.3, 0.4) is 0 Å². The number of aromatic nitrogens is 1. The number of para-hydroxylation sites is 1. The van der Waals surface area contributed by atoms with Crippen molar-refractivity contribution in [2.75, 3.05) is 25.5 Å². The van der Waals surface area contributed by atoms with E-state index in [1.165, 1.54) is 7.11 Å². The van der Waals surface area contributed by atoms with Crippen LogP contribution in [0.2, 0.25) is 0 Å². The fourth-order valence-electron chi connectivity index (χ4n) is 4.64. The quantitative estimate of drug-likeness (QED) is 0.170. The molecule has 1 aliphatic rings. The molecular formula is C29H28N4O3S. The number of pyridine rings is 1. The maximum Gasteiger partial charge on any atom is 0.338 e. The van der Waals surface area contributed by atoms with E-state index in [0.29, 0.717) is 22.0 Å². The Kier molecular flexibility index (Phi) is 7.46. The number of esters is 1. The standard InChI is InChI=1S/C29H28N4O3S/c1-35-28(34)22-13-6-5-12-21(22)24-15-16-25(36-24)27-26(23-14-7-8-17-31-23)32-29(37)33(27)19-9-18-30-20-10-3-2-4-11-20/h2-8,10-17,26-27,30H,9,18-19H2,1H3,(H,32,37)/t26-,27-/m1/s1. The second-order valence-corrected chi connectivity index (χ2v) is 9.09. The zero-order valence-corrected chi connectivity index (χ0v) is 21.3. The second-order valence-electron chi connectivity index (χ2n) is 8.71. The van der Waals surface area contributed by atoms with Crippen LogP contribution in [0.5, 0.6) is 0 Å². The Morgan fingerprint density at radius 1 is 1.05 bits per heavy atom. The predicted octanol–water partition coefficient (Wildman–Crippen LogP) is 5.60. The maximum atomic E-state index is 12.3. The number of thiocarbonyl (C=S) groups is 1. The highest BCUT2D eigenvalue weighted by atomic mass is 32.1. The number of carbonyl (C=O) groups is 1. The monoisotopic (exact) mass is 512 g/mol. The zero-order chi connectivity index (χ0) is 25.6. The number of ether oxygens (including phenoxy) is 1. The molecule has 188 valence electrons. The first kappa shape index (κ1) is 24.5. The van der Waals surface area contributed by atoms with Crippen LogP contribution in [0.15, 0.2) is 95.5 Å². The molecule has 3 heterocycles. The fraction of sp³-hybridized carbons (Fsp3) is 0.207. The van der Waals surface area contributed by atoms with Crippen molar-refractivity contribution in [3.8, 4) is 11.3 Å². The van der Waals surface area contributed by atoms with E-state index in [9.17, 15) is 4.79 Å². The van der Waals surface area contributed by atoms with Crippen LogP contribution in [-0.4, -0.2) is 41.2 Å². The summed E-state index contributed by atoms with van der Waals surface area (Å²) in [5, 5.41) is 7.57. The highest BCUT2D eigenvalue weighted by Crippen LogP contribution is 2.40. The Hall–Kier alpha value is -4.17. The minimum Gasteiger partial charge on any atom is -0.465 e. The lowest BCUT2D eigenvalue weighted by Crippen LogP contribution is -2.31. The molecule has 1 saturated heterocycles. The van der Waals surface area contributed by atoms with Crippen molar-refractivity contribution < 1.29 is 13.9 Å². The van der Waals surface area contributed by atoms with Crippen molar-refractivity contribution in [3.63, 3.8) is 0 Å². The smallest absolute Gasteiger partial charge is 0.338 e. The average Bonchev–Trinajstić information content (AvgIpc) is 3.56. The third-order valence-electron chi connectivity index (χ3n) is 6.39. The molecule has 0 aliphatic carbocycles. The molecule has 2 aromatic carbocycles. The Morgan fingerprint density at radius 2 is 1.84 bits per heavy atom. The number of carbonyl (C=O) groups excluding carboxylic acids is 1. The molecule has 37 heavy (non-hydrogen) atoms. The number of benzene rings is 2. The number of nitrogens with one attached hydrogen (secondary N) is 2. The van der Waals surface area contributed by atoms with Gasteiger partial charge in [0.2, 0.25) is 0 Å². The molecule has 0 amide bonds. The molecule has 0 bridgehead atoms. The van der Waals surface area contributed by atoms with E-state index in [0.717, 1.165) is 36.7 Å². The summed E-state index contributed by atoms with van der Waals surface area (Å²) in [6.07, 6.45) is 2.66. The lowest BCUT2D eigenvalue weighted by atomic mass is 10.0. The number of furan rings is 1. The van der Waals surface area contributed by atoms with Gasteiger partial charge in [-0.05, 0) is 61.1 Å². The van der Waals surface area contributed by atoms with Crippen LogP contribution in [0.4, 0.5) is 5.69 Å². The molecule has 0 unspecified atom stereocenters. The van der Waals surface area contributed by atoms with E-state index >= 15 is 0 Å². The van der Waals surface area contributed by atoms with Gasteiger partial charge >= 0.3 is 5.97 Å². The van der Waals surface area contributed by atoms with E-state index in [2.05, 4.69) is 32.7 Å². The maximum absolute atomic E-state index is 12.3. The predicted molar refractivity (Wildman–Crippen MR) is 147 cm³/mol. The minimum atomic E-state index is -0.406. The van der Waals surface area contributed by atoms with Crippen LogP contribution in [0, 0.1) is 0 Å². The number of rotatable bonds is 9. The number of methoxy groups -OCH3 is 1. The van der Waals surface area contributed by atoms with Gasteiger partial charge in [-0.1, -0.05) is 42.5 Å². The normalized spacial score (nSPS) is 16.9. The molecule has 4 aromatic rings. The third-order valence-corrected chi connectivity index (χ3v) is 6.74. The summed E-state index contributed by atoms with van der Waals surface area (Å²) in [5.41, 5.74) is 3.11. The van der Waals surface area contributed by atoms with Crippen molar-refractivity contribution in [3.05, 3.63) is 108 Å². The van der Waals surface area contributed by atoms with Gasteiger partial charge in [0.15, 0.2) is 5.11 Å². The van der Waals surface area contributed by atoms with Gasteiger partial charge in [-0.25, -0.2) is 4.79 Å². The average molecular weight is 513 g/mol. The molecule has 0 radical (unpaired) electrons. The van der Waals surface area contributed by atoms with Crippen LogP contribution >= 0.6 is 12.2 Å². The summed E-state index contributed by atoms with van der Waals surface area (Å²) in [6.45, 7) is 1.54. The van der Waals surface area contributed by atoms with Gasteiger partial charge in [0, 0.05) is 30.5 Å². The molecule has 7 nitrogen and oxygen atoms in total. The summed E-state index contributed by atoms with van der Waals surface area (Å²) in [4.78, 5) is 19.1. The molecule has 2 N–H and O–H groups in total. The van der Waals surface area contributed by atoms with Crippen LogP contribution in [0.1, 0.15) is 40.3 Å². The molecule has 5 rings (SSSR count). The number of hydrogen-bond acceptors (Lipinski definition) is 6. The highest BCUT2D eigenvalue weighted by Gasteiger charge is 2.41. The topological polar surface area (TPSA) is 79.6 Å². The largest absolute Gasteiger partial charge is 0.465 e. The Labute approximate surface area is 221 Å². The molecular weight excluding hydrogens is 484 g/mol. The lowest BCUT2D eigenvalue weighted by molar-refractivity contribution is 0.0601. The van der Waals surface area contributed by atoms with Crippen molar-refractivity contribution >= 4 is 29.0 Å². The molecule has 0 saturated carbocycles. The molecule has 2 atom stereocenters. The minimum absolute atomic E-state index is 0.175. The van der Waals surface area contributed by atoms with Crippen LogP contribution < -0.4 is 10.6 Å². The molecule has 1 aliphatic heterocycles. The van der Waals surface area contributed by atoms with E-state index in [4.69, 9.17) is 21.4 Å². The third kappa shape index (κ3) is 5.34.